The number of aromatic nitrogens is 2. The monoisotopic (exact) mass is 583 g/mol. The number of fused-ring (bicyclic) bond motifs is 3. The predicted octanol–water partition coefficient (Wildman–Crippen LogP) is 7.57. The van der Waals surface area contributed by atoms with E-state index in [0.717, 1.165) is 65.5 Å². The van der Waals surface area contributed by atoms with E-state index in [9.17, 15) is 23.1 Å². The summed E-state index contributed by atoms with van der Waals surface area (Å²) < 4.78 is 54.3. The molecule has 4 heterocycles. The van der Waals surface area contributed by atoms with Gasteiger partial charge in [0.15, 0.2) is 5.13 Å². The Morgan fingerprint density at radius 2 is 1.88 bits per heavy atom. The van der Waals surface area contributed by atoms with E-state index in [4.69, 9.17) is 14.2 Å². The molecular formula is C30H28F3N3O4S. The summed E-state index contributed by atoms with van der Waals surface area (Å²) in [7, 11) is 0. The van der Waals surface area contributed by atoms with E-state index >= 15 is 0 Å². The third-order valence-corrected chi connectivity index (χ3v) is 9.57. The van der Waals surface area contributed by atoms with Crippen LogP contribution in [0.3, 0.4) is 0 Å². The molecule has 1 aliphatic carbocycles. The Labute approximate surface area is 237 Å². The lowest BCUT2D eigenvalue weighted by molar-refractivity contribution is -0.137. The zero-order valence-corrected chi connectivity index (χ0v) is 23.1. The van der Waals surface area contributed by atoms with E-state index in [1.807, 2.05) is 6.92 Å². The number of halogens is 3. The van der Waals surface area contributed by atoms with Crippen LogP contribution in [-0.4, -0.2) is 39.4 Å². The number of nitrogens with zero attached hydrogens (tertiary/aromatic N) is 3. The molecule has 0 spiro atoms. The van der Waals surface area contributed by atoms with Gasteiger partial charge in [-0.25, -0.2) is 9.78 Å². The maximum atomic E-state index is 13.8. The van der Waals surface area contributed by atoms with Crippen LogP contribution in [-0.2, 0) is 17.5 Å². The quantitative estimate of drug-likeness (QED) is 0.240. The summed E-state index contributed by atoms with van der Waals surface area (Å²) in [5, 5.41) is 14.5. The average Bonchev–Trinajstić information content (AvgIpc) is 3.44. The Balaban J connectivity index is 1.11. The Morgan fingerprint density at radius 1 is 1.15 bits per heavy atom. The number of alkyl halides is 3. The average molecular weight is 584 g/mol. The van der Waals surface area contributed by atoms with Crippen LogP contribution in [0.1, 0.15) is 77.3 Å². The van der Waals surface area contributed by atoms with Crippen LogP contribution in [0.2, 0.25) is 0 Å². The first-order chi connectivity index (χ1) is 19.7. The second kappa shape index (κ2) is 9.84. The van der Waals surface area contributed by atoms with Crippen LogP contribution in [0, 0.1) is 6.92 Å². The van der Waals surface area contributed by atoms with Crippen LogP contribution < -0.4 is 4.90 Å². The number of thiazole rings is 1. The van der Waals surface area contributed by atoms with Crippen molar-refractivity contribution < 1.29 is 32.3 Å². The normalized spacial score (nSPS) is 22.5. The van der Waals surface area contributed by atoms with E-state index in [2.05, 4.69) is 10.1 Å². The van der Waals surface area contributed by atoms with Gasteiger partial charge < -0.3 is 19.3 Å². The molecule has 214 valence electrons. The molecule has 3 fully saturated rings. The number of benzene rings is 2. The van der Waals surface area contributed by atoms with Gasteiger partial charge in [-0.2, -0.15) is 13.2 Å². The Hall–Kier alpha value is -3.44. The minimum Gasteiger partial charge on any atom is -0.478 e. The minimum atomic E-state index is -4.51. The standard InChI is InChI=1S/C30H28F3N3O4S/c1-15-10-17(28(37)38)11-24-25(15)34-29(41-24)36-18-8-9-19(36)13-20(12-18)39-14-22-26(35-40-27(22)16-6-7-16)21-4-2-3-5-23(21)30(31,32)33/h2-5,10-11,16,18-20H,6-9,12-14H2,1H3,(H,37,38)/t18-,19+,20?. The Bertz CT molecular complexity index is 1630. The number of aromatic carboxylic acids is 1. The zero-order valence-electron chi connectivity index (χ0n) is 22.3. The highest BCUT2D eigenvalue weighted by molar-refractivity contribution is 7.22. The molecule has 3 atom stereocenters. The SMILES string of the molecule is Cc1cc(C(=O)O)cc2sc(N3[C@@H]4CC[C@H]3CC(OCc3c(-c5ccccc5C(F)(F)F)noc3C3CC3)C4)nc12. The van der Waals surface area contributed by atoms with Crippen molar-refractivity contribution in [1.82, 2.24) is 10.1 Å². The maximum absolute atomic E-state index is 13.8. The summed E-state index contributed by atoms with van der Waals surface area (Å²) in [4.78, 5) is 18.8. The third kappa shape index (κ3) is 4.78. The lowest BCUT2D eigenvalue weighted by Crippen LogP contribution is -2.45. The van der Waals surface area contributed by atoms with Crippen molar-refractivity contribution in [3.8, 4) is 11.3 Å². The van der Waals surface area contributed by atoms with Crippen molar-refractivity contribution >= 4 is 32.7 Å². The molecule has 7 nitrogen and oxygen atoms in total. The Morgan fingerprint density at radius 3 is 2.56 bits per heavy atom. The molecule has 41 heavy (non-hydrogen) atoms. The second-order valence-corrected chi connectivity index (χ2v) is 12.3. The van der Waals surface area contributed by atoms with Gasteiger partial charge in [0.05, 0.1) is 34.1 Å². The number of hydrogen-bond donors (Lipinski definition) is 1. The molecule has 2 aromatic carbocycles. The molecule has 2 aromatic heterocycles. The fraction of sp³-hybridized carbons (Fsp3) is 0.433. The zero-order chi connectivity index (χ0) is 28.5. The van der Waals surface area contributed by atoms with Crippen LogP contribution in [0.4, 0.5) is 18.3 Å². The van der Waals surface area contributed by atoms with Crippen LogP contribution in [0.25, 0.3) is 21.5 Å². The molecule has 1 N–H and O–H groups in total. The summed E-state index contributed by atoms with van der Waals surface area (Å²) in [5.74, 6) is -0.135. The summed E-state index contributed by atoms with van der Waals surface area (Å²) in [6.45, 7) is 2.04. The Kier molecular flexibility index (Phi) is 6.35. The smallest absolute Gasteiger partial charge is 0.417 e. The number of piperidine rings is 1. The molecule has 1 saturated carbocycles. The first-order valence-corrected chi connectivity index (χ1v) is 14.7. The highest BCUT2D eigenvalue weighted by Gasteiger charge is 2.43. The van der Waals surface area contributed by atoms with Gasteiger partial charge in [-0.05, 0) is 69.2 Å². The van der Waals surface area contributed by atoms with Crippen molar-refractivity contribution in [2.24, 2.45) is 0 Å². The fourth-order valence-corrected chi connectivity index (χ4v) is 7.70. The number of carboxylic acid groups (broad SMARTS) is 1. The molecule has 2 saturated heterocycles. The molecule has 11 heteroatoms. The third-order valence-electron chi connectivity index (χ3n) is 8.55. The molecule has 7 rings (SSSR count). The summed E-state index contributed by atoms with van der Waals surface area (Å²) in [6, 6.07) is 9.29. The van der Waals surface area contributed by atoms with E-state index in [-0.39, 0.29) is 47.5 Å². The summed E-state index contributed by atoms with van der Waals surface area (Å²) in [6.07, 6.45) is 0.880. The number of carbonyl (C=O) groups is 1. The highest BCUT2D eigenvalue weighted by atomic mass is 32.1. The molecule has 1 unspecified atom stereocenters. The number of aryl methyl sites for hydroxylation is 1. The first kappa shape index (κ1) is 26.5. The fourth-order valence-electron chi connectivity index (χ4n) is 6.47. The number of anilines is 1. The lowest BCUT2D eigenvalue weighted by Gasteiger charge is -2.38. The largest absolute Gasteiger partial charge is 0.478 e. The van der Waals surface area contributed by atoms with E-state index in [1.165, 1.54) is 23.5 Å². The number of ether oxygens (including phenoxy) is 1. The van der Waals surface area contributed by atoms with Crippen molar-refractivity contribution in [2.75, 3.05) is 4.90 Å². The second-order valence-electron chi connectivity index (χ2n) is 11.3. The summed E-state index contributed by atoms with van der Waals surface area (Å²) >= 11 is 1.52. The maximum Gasteiger partial charge on any atom is 0.417 e. The van der Waals surface area contributed by atoms with Crippen molar-refractivity contribution in [3.05, 3.63) is 64.4 Å². The van der Waals surface area contributed by atoms with Gasteiger partial charge in [0.2, 0.25) is 0 Å². The minimum absolute atomic E-state index is 0.0151. The summed E-state index contributed by atoms with van der Waals surface area (Å²) in [5.41, 5.74) is 2.05. The number of hydrogen-bond acceptors (Lipinski definition) is 7. The van der Waals surface area contributed by atoms with Crippen LogP contribution in [0.5, 0.6) is 0 Å². The van der Waals surface area contributed by atoms with Crippen molar-refractivity contribution in [1.29, 1.82) is 0 Å². The highest BCUT2D eigenvalue weighted by Crippen LogP contribution is 2.47. The van der Waals surface area contributed by atoms with Gasteiger partial charge in [0.25, 0.3) is 0 Å². The van der Waals surface area contributed by atoms with Gasteiger partial charge in [-0.15, -0.1) is 0 Å². The van der Waals surface area contributed by atoms with E-state index in [1.54, 1.807) is 18.2 Å². The van der Waals surface area contributed by atoms with Crippen molar-refractivity contribution in [3.63, 3.8) is 0 Å². The van der Waals surface area contributed by atoms with Crippen LogP contribution >= 0.6 is 11.3 Å². The van der Waals surface area contributed by atoms with Gasteiger partial charge in [-0.3, -0.25) is 0 Å². The molecular weight excluding hydrogens is 555 g/mol. The van der Waals surface area contributed by atoms with Crippen molar-refractivity contribution in [2.45, 2.75) is 82.3 Å². The van der Waals surface area contributed by atoms with Crippen LogP contribution in [0.15, 0.2) is 40.9 Å². The number of rotatable bonds is 7. The van der Waals surface area contributed by atoms with E-state index < -0.39 is 17.7 Å². The van der Waals surface area contributed by atoms with E-state index in [0.29, 0.717) is 11.3 Å². The van der Waals surface area contributed by atoms with Gasteiger partial charge in [0.1, 0.15) is 11.5 Å². The molecule has 2 bridgehead atoms. The first-order valence-electron chi connectivity index (χ1n) is 13.9. The van der Waals surface area contributed by atoms with Gasteiger partial charge >= 0.3 is 12.1 Å². The molecule has 0 radical (unpaired) electrons. The lowest BCUT2D eigenvalue weighted by atomic mass is 9.98. The molecule has 2 aliphatic heterocycles. The molecule has 3 aliphatic rings. The van der Waals surface area contributed by atoms with Gasteiger partial charge in [-0.1, -0.05) is 34.7 Å². The van der Waals surface area contributed by atoms with Gasteiger partial charge in [0, 0.05) is 29.1 Å². The molecule has 4 aromatic rings. The predicted molar refractivity (Wildman–Crippen MR) is 147 cm³/mol. The topological polar surface area (TPSA) is 88.7 Å². The number of carboxylic acids is 1. The molecule has 0 amide bonds.